The molecule has 0 aromatic heterocycles. The van der Waals surface area contributed by atoms with Gasteiger partial charge in [0.05, 0.1) is 47.6 Å². The molecule has 0 saturated carbocycles. The topological polar surface area (TPSA) is 77.1 Å². The van der Waals surface area contributed by atoms with Crippen molar-refractivity contribution in [2.75, 3.05) is 67.3 Å². The summed E-state index contributed by atoms with van der Waals surface area (Å²) in [5.41, 5.74) is 0. The quantitative estimate of drug-likeness (QED) is 0.282. The minimum absolute atomic E-state index is 0.0427. The van der Waals surface area contributed by atoms with Gasteiger partial charge in [-0.2, -0.15) is 0 Å². The lowest BCUT2D eigenvalue weighted by Crippen LogP contribution is -2.37. The zero-order valence-electron chi connectivity index (χ0n) is 13.0. The van der Waals surface area contributed by atoms with Crippen LogP contribution in [0, 0.1) is 0 Å². The molecule has 8 heteroatoms. The fourth-order valence-corrected chi connectivity index (χ4v) is 1.82. The molecule has 0 aromatic rings. The Morgan fingerprint density at radius 1 is 0.900 bits per heavy atom. The van der Waals surface area contributed by atoms with Gasteiger partial charge in [-0.05, 0) is 6.42 Å². The molecule has 0 amide bonds. The van der Waals surface area contributed by atoms with Crippen LogP contribution in [-0.2, 0) is 23.1 Å². The second kappa shape index (κ2) is 10.7. The molecule has 0 aliphatic carbocycles. The Bertz CT molecular complexity index is 282. The molecule has 20 heavy (non-hydrogen) atoms. The molecule has 0 fully saturated rings. The lowest BCUT2D eigenvalue weighted by molar-refractivity contribution is -0.870. The van der Waals surface area contributed by atoms with E-state index in [1.54, 1.807) is 0 Å². The van der Waals surface area contributed by atoms with Crippen molar-refractivity contribution in [3.05, 3.63) is 0 Å². The minimum atomic E-state index is -4.22. The molecule has 0 N–H and O–H groups in total. The SMILES string of the molecule is CCCOCCOCCOP(=O)([O-])OCC[N+](C)(C)C. The van der Waals surface area contributed by atoms with E-state index in [1.807, 2.05) is 28.1 Å². The molecule has 122 valence electrons. The van der Waals surface area contributed by atoms with Crippen LogP contribution in [0.4, 0.5) is 0 Å². The summed E-state index contributed by atoms with van der Waals surface area (Å²) >= 11 is 0. The first-order valence-corrected chi connectivity index (χ1v) is 8.29. The number of quaternary nitrogens is 1. The summed E-state index contributed by atoms with van der Waals surface area (Å²) in [4.78, 5) is 11.4. The van der Waals surface area contributed by atoms with Crippen LogP contribution in [0.5, 0.6) is 0 Å². The second-order valence-corrected chi connectivity index (χ2v) is 6.76. The van der Waals surface area contributed by atoms with Crippen LogP contribution in [0.25, 0.3) is 0 Å². The van der Waals surface area contributed by atoms with Gasteiger partial charge in [0.25, 0.3) is 7.82 Å². The molecule has 0 bridgehead atoms. The first kappa shape index (κ1) is 20.0. The van der Waals surface area contributed by atoms with Gasteiger partial charge in [-0.15, -0.1) is 0 Å². The van der Waals surface area contributed by atoms with Gasteiger partial charge in [0.2, 0.25) is 0 Å². The van der Waals surface area contributed by atoms with E-state index in [0.717, 1.165) is 6.42 Å². The number of hydrogen-bond acceptors (Lipinski definition) is 6. The normalized spacial score (nSPS) is 15.2. The van der Waals surface area contributed by atoms with Crippen molar-refractivity contribution in [3.8, 4) is 0 Å². The van der Waals surface area contributed by atoms with Crippen molar-refractivity contribution in [1.82, 2.24) is 0 Å². The van der Waals surface area contributed by atoms with Crippen LogP contribution in [-0.4, -0.2) is 71.8 Å². The summed E-state index contributed by atoms with van der Waals surface area (Å²) in [5, 5.41) is 0. The Labute approximate surface area is 122 Å². The van der Waals surface area contributed by atoms with Crippen LogP contribution < -0.4 is 4.89 Å². The molecule has 1 unspecified atom stereocenters. The molecular formula is C12H28NO6P. The largest absolute Gasteiger partial charge is 0.756 e. The van der Waals surface area contributed by atoms with Gasteiger partial charge in [-0.3, -0.25) is 4.57 Å². The van der Waals surface area contributed by atoms with E-state index in [4.69, 9.17) is 14.0 Å². The Balaban J connectivity index is 3.50. The molecule has 1 atom stereocenters. The number of phosphoric ester groups is 1. The zero-order chi connectivity index (χ0) is 15.5. The highest BCUT2D eigenvalue weighted by Crippen LogP contribution is 2.37. The van der Waals surface area contributed by atoms with E-state index in [1.165, 1.54) is 0 Å². The Morgan fingerprint density at radius 2 is 1.40 bits per heavy atom. The number of hydrogen-bond donors (Lipinski definition) is 0. The number of likely N-dealkylation sites (N-methyl/N-ethyl adjacent to an activating group) is 1. The Hall–Kier alpha value is -0.0100. The highest BCUT2D eigenvalue weighted by Gasteiger charge is 2.12. The number of phosphoric acid groups is 1. The van der Waals surface area contributed by atoms with Crippen LogP contribution in [0.3, 0.4) is 0 Å². The standard InChI is InChI=1S/C12H28NO6P/c1-5-7-16-9-10-17-11-12-19-20(14,15)18-8-6-13(2,3)4/h5-12H2,1-4H3. The third-order valence-corrected chi connectivity index (χ3v) is 3.21. The summed E-state index contributed by atoms with van der Waals surface area (Å²) in [5.74, 6) is 0. The van der Waals surface area contributed by atoms with E-state index < -0.39 is 7.82 Å². The summed E-state index contributed by atoms with van der Waals surface area (Å²) in [7, 11) is 1.64. The highest BCUT2D eigenvalue weighted by molar-refractivity contribution is 7.45. The van der Waals surface area contributed by atoms with Gasteiger partial charge < -0.3 is 27.9 Å². The van der Waals surface area contributed by atoms with Gasteiger partial charge in [-0.25, -0.2) is 0 Å². The minimum Gasteiger partial charge on any atom is -0.756 e. The highest BCUT2D eigenvalue weighted by atomic mass is 31.2. The molecule has 0 saturated heterocycles. The molecule has 0 radical (unpaired) electrons. The van der Waals surface area contributed by atoms with E-state index in [-0.39, 0.29) is 19.8 Å². The van der Waals surface area contributed by atoms with Crippen molar-refractivity contribution < 1.29 is 32.5 Å². The van der Waals surface area contributed by atoms with Gasteiger partial charge in [0.1, 0.15) is 13.2 Å². The van der Waals surface area contributed by atoms with Crippen molar-refractivity contribution in [1.29, 1.82) is 0 Å². The number of rotatable bonds is 13. The second-order valence-electron chi connectivity index (χ2n) is 5.35. The van der Waals surface area contributed by atoms with Crippen LogP contribution in [0.15, 0.2) is 0 Å². The maximum Gasteiger partial charge on any atom is 0.268 e. The zero-order valence-corrected chi connectivity index (χ0v) is 13.9. The third kappa shape index (κ3) is 14.4. The molecule has 0 aromatic carbocycles. The molecule has 0 spiro atoms. The lowest BCUT2D eigenvalue weighted by atomic mass is 10.5. The lowest BCUT2D eigenvalue weighted by Gasteiger charge is -2.27. The molecule has 0 aliphatic heterocycles. The van der Waals surface area contributed by atoms with Crippen molar-refractivity contribution >= 4 is 7.82 Å². The number of nitrogens with zero attached hydrogens (tertiary/aromatic N) is 1. The predicted octanol–water partition coefficient (Wildman–Crippen LogP) is 0.637. The molecular weight excluding hydrogens is 285 g/mol. The van der Waals surface area contributed by atoms with Crippen molar-refractivity contribution in [2.45, 2.75) is 13.3 Å². The Morgan fingerprint density at radius 3 is 1.95 bits per heavy atom. The van der Waals surface area contributed by atoms with Gasteiger partial charge in [0, 0.05) is 6.61 Å². The summed E-state index contributed by atoms with van der Waals surface area (Å²) in [6.07, 6.45) is 0.965. The van der Waals surface area contributed by atoms with Gasteiger partial charge in [0.15, 0.2) is 0 Å². The predicted molar refractivity (Wildman–Crippen MR) is 74.3 cm³/mol. The van der Waals surface area contributed by atoms with E-state index in [9.17, 15) is 9.46 Å². The number of ether oxygens (including phenoxy) is 2. The molecule has 7 nitrogen and oxygen atoms in total. The third-order valence-electron chi connectivity index (χ3n) is 2.21. The van der Waals surface area contributed by atoms with E-state index in [0.29, 0.717) is 30.8 Å². The van der Waals surface area contributed by atoms with Crippen LogP contribution >= 0.6 is 7.82 Å². The van der Waals surface area contributed by atoms with E-state index >= 15 is 0 Å². The first-order valence-electron chi connectivity index (χ1n) is 6.83. The van der Waals surface area contributed by atoms with Crippen LogP contribution in [0.2, 0.25) is 0 Å². The fraction of sp³-hybridized carbons (Fsp3) is 1.00. The summed E-state index contributed by atoms with van der Waals surface area (Å²) in [6.45, 7) is 4.50. The monoisotopic (exact) mass is 313 g/mol. The summed E-state index contributed by atoms with van der Waals surface area (Å²) < 4.78 is 31.8. The summed E-state index contributed by atoms with van der Waals surface area (Å²) in [6, 6.07) is 0. The molecule has 0 heterocycles. The average molecular weight is 313 g/mol. The molecule has 0 rings (SSSR count). The Kier molecular flexibility index (Phi) is 10.7. The van der Waals surface area contributed by atoms with Crippen molar-refractivity contribution in [3.63, 3.8) is 0 Å². The fourth-order valence-electron chi connectivity index (χ4n) is 1.14. The first-order chi connectivity index (χ1) is 9.27. The van der Waals surface area contributed by atoms with Crippen LogP contribution in [0.1, 0.15) is 13.3 Å². The maximum atomic E-state index is 11.4. The van der Waals surface area contributed by atoms with Gasteiger partial charge >= 0.3 is 0 Å². The molecule has 0 aliphatic rings. The van der Waals surface area contributed by atoms with E-state index in [2.05, 4.69) is 4.52 Å². The smallest absolute Gasteiger partial charge is 0.268 e. The average Bonchev–Trinajstić information content (AvgIpc) is 2.30. The maximum absolute atomic E-state index is 11.4. The van der Waals surface area contributed by atoms with Crippen molar-refractivity contribution in [2.24, 2.45) is 0 Å². The van der Waals surface area contributed by atoms with Gasteiger partial charge in [-0.1, -0.05) is 6.92 Å².